The molecule has 0 aromatic heterocycles. The summed E-state index contributed by atoms with van der Waals surface area (Å²) in [6.45, 7) is 15.2. The Balaban J connectivity index is 1.54. The Morgan fingerprint density at radius 3 is 2.04 bits per heavy atom. The second-order valence-electron chi connectivity index (χ2n) is 16.6. The molecule has 6 atom stereocenters. The molecule has 13 heteroatoms. The van der Waals surface area contributed by atoms with Crippen LogP contribution in [0.4, 0.5) is 4.79 Å². The topological polar surface area (TPSA) is 185 Å². The number of amides is 5. The van der Waals surface area contributed by atoms with Gasteiger partial charge in [0.15, 0.2) is 9.84 Å². The molecule has 3 fully saturated rings. The van der Waals surface area contributed by atoms with Crippen molar-refractivity contribution in [3.63, 3.8) is 0 Å². The molecule has 48 heavy (non-hydrogen) atoms. The Bertz CT molecular complexity index is 1530. The molecule has 3 unspecified atom stereocenters. The number of rotatable bonds is 12. The molecule has 0 bridgehead atoms. The average molecular weight is 688 g/mol. The van der Waals surface area contributed by atoms with E-state index >= 15 is 0 Å². The number of carbonyl (C=O) groups is 5. The van der Waals surface area contributed by atoms with Gasteiger partial charge in [0.25, 0.3) is 5.91 Å². The Kier molecular flexibility index (Phi) is 10.5. The molecular formula is C35H53N5O7S. The number of benzene rings is 1. The lowest BCUT2D eigenvalue weighted by Crippen LogP contribution is -2.62. The van der Waals surface area contributed by atoms with Crippen molar-refractivity contribution in [2.24, 2.45) is 39.7 Å². The smallest absolute Gasteiger partial charge is 0.315 e. The predicted molar refractivity (Wildman–Crippen MR) is 181 cm³/mol. The molecule has 266 valence electrons. The van der Waals surface area contributed by atoms with Crippen molar-refractivity contribution in [1.29, 1.82) is 0 Å². The van der Waals surface area contributed by atoms with Crippen LogP contribution in [0.2, 0.25) is 0 Å². The van der Waals surface area contributed by atoms with Crippen LogP contribution in [0.5, 0.6) is 0 Å². The van der Waals surface area contributed by atoms with Crippen molar-refractivity contribution in [2.75, 3.05) is 12.3 Å². The third kappa shape index (κ3) is 8.03. The van der Waals surface area contributed by atoms with E-state index in [1.54, 1.807) is 39.0 Å². The summed E-state index contributed by atoms with van der Waals surface area (Å²) in [4.78, 5) is 68.1. The van der Waals surface area contributed by atoms with Crippen LogP contribution in [0, 0.1) is 34.0 Å². The number of likely N-dealkylation sites (tertiary alicyclic amines) is 1. The van der Waals surface area contributed by atoms with Gasteiger partial charge in [0.2, 0.25) is 17.6 Å². The third-order valence-electron chi connectivity index (χ3n) is 10.7. The zero-order valence-corrected chi connectivity index (χ0v) is 30.3. The lowest BCUT2D eigenvalue weighted by molar-refractivity contribution is -0.145. The van der Waals surface area contributed by atoms with Crippen molar-refractivity contribution in [3.05, 3.63) is 30.3 Å². The Labute approximate surface area is 284 Å². The summed E-state index contributed by atoms with van der Waals surface area (Å²) in [5.41, 5.74) is 3.67. The molecule has 4 rings (SSSR count). The van der Waals surface area contributed by atoms with E-state index < -0.39 is 74.4 Å². The molecule has 1 saturated heterocycles. The normalized spacial score (nSPS) is 23.9. The van der Waals surface area contributed by atoms with Gasteiger partial charge in [-0.05, 0) is 52.6 Å². The summed E-state index contributed by atoms with van der Waals surface area (Å²) in [5, 5.41) is 8.39. The van der Waals surface area contributed by atoms with E-state index in [4.69, 9.17) is 5.73 Å². The first-order chi connectivity index (χ1) is 22.1. The molecule has 2 aliphatic carbocycles. The van der Waals surface area contributed by atoms with Gasteiger partial charge in [-0.25, -0.2) is 13.2 Å². The number of nitrogens with zero attached hydrogens (tertiary/aromatic N) is 1. The van der Waals surface area contributed by atoms with Crippen LogP contribution in [-0.4, -0.2) is 79.3 Å². The summed E-state index contributed by atoms with van der Waals surface area (Å²) < 4.78 is 26.5. The van der Waals surface area contributed by atoms with E-state index in [1.807, 2.05) is 34.6 Å². The minimum atomic E-state index is -3.75. The molecule has 1 heterocycles. The van der Waals surface area contributed by atoms with Gasteiger partial charge in [0.05, 0.1) is 16.7 Å². The highest BCUT2D eigenvalue weighted by Crippen LogP contribution is 2.65. The highest BCUT2D eigenvalue weighted by Gasteiger charge is 2.70. The highest BCUT2D eigenvalue weighted by atomic mass is 32.2. The Morgan fingerprint density at radius 2 is 1.54 bits per heavy atom. The van der Waals surface area contributed by atoms with Crippen molar-refractivity contribution >= 4 is 39.4 Å². The molecule has 3 aliphatic rings. The number of Topliss-reactive ketones (excluding diaryl/α,β-unsaturated/α-hetero) is 1. The molecule has 0 spiro atoms. The summed E-state index contributed by atoms with van der Waals surface area (Å²) >= 11 is 0. The van der Waals surface area contributed by atoms with Gasteiger partial charge in [0.1, 0.15) is 12.1 Å². The fraction of sp³-hybridized carbons (Fsp3) is 0.686. The van der Waals surface area contributed by atoms with Gasteiger partial charge in [0, 0.05) is 12.6 Å². The van der Waals surface area contributed by atoms with Crippen molar-refractivity contribution in [1.82, 2.24) is 20.9 Å². The number of piperidine rings is 1. The highest BCUT2D eigenvalue weighted by molar-refractivity contribution is 7.91. The lowest BCUT2D eigenvalue weighted by atomic mass is 9.80. The molecule has 1 aromatic rings. The van der Waals surface area contributed by atoms with Crippen LogP contribution in [0.1, 0.15) is 81.1 Å². The van der Waals surface area contributed by atoms with Crippen LogP contribution in [-0.2, 0) is 29.0 Å². The zero-order valence-electron chi connectivity index (χ0n) is 29.5. The lowest BCUT2D eigenvalue weighted by Gasteiger charge is -2.39. The minimum absolute atomic E-state index is 0.0389. The first kappa shape index (κ1) is 37.3. The number of carbonyl (C=O) groups excluding carboxylic acids is 5. The summed E-state index contributed by atoms with van der Waals surface area (Å²) in [7, 11) is -3.75. The second kappa shape index (κ2) is 13.4. The number of nitrogens with one attached hydrogen (secondary N) is 3. The number of primary amides is 1. The monoisotopic (exact) mass is 687 g/mol. The number of ketones is 1. The number of hydrogen-bond acceptors (Lipinski definition) is 7. The zero-order chi connectivity index (χ0) is 36.0. The summed E-state index contributed by atoms with van der Waals surface area (Å²) in [6, 6.07) is 3.48. The van der Waals surface area contributed by atoms with Crippen molar-refractivity contribution in [2.45, 2.75) is 110 Å². The molecule has 5 amide bonds. The van der Waals surface area contributed by atoms with Crippen LogP contribution in [0.3, 0.4) is 0 Å². The van der Waals surface area contributed by atoms with Gasteiger partial charge in [-0.1, -0.05) is 92.9 Å². The quantitative estimate of drug-likeness (QED) is 0.244. The van der Waals surface area contributed by atoms with E-state index in [0.717, 1.165) is 19.3 Å². The van der Waals surface area contributed by atoms with Crippen molar-refractivity contribution in [3.8, 4) is 0 Å². The van der Waals surface area contributed by atoms with Gasteiger partial charge in [-0.15, -0.1) is 0 Å². The van der Waals surface area contributed by atoms with E-state index in [0.29, 0.717) is 13.0 Å². The number of sulfone groups is 1. The minimum Gasteiger partial charge on any atom is -0.363 e. The Hall–Kier alpha value is -3.48. The van der Waals surface area contributed by atoms with E-state index in [9.17, 15) is 32.4 Å². The second-order valence-corrected chi connectivity index (χ2v) is 18.7. The number of hydrogen-bond donors (Lipinski definition) is 4. The first-order valence-electron chi connectivity index (χ1n) is 16.8. The van der Waals surface area contributed by atoms with Crippen LogP contribution < -0.4 is 21.7 Å². The van der Waals surface area contributed by atoms with E-state index in [2.05, 4.69) is 16.0 Å². The molecule has 12 nitrogen and oxygen atoms in total. The first-order valence-corrected chi connectivity index (χ1v) is 18.5. The maximum Gasteiger partial charge on any atom is 0.315 e. The van der Waals surface area contributed by atoms with Crippen molar-refractivity contribution < 1.29 is 32.4 Å². The third-order valence-corrected chi connectivity index (χ3v) is 12.4. The average Bonchev–Trinajstić information content (AvgIpc) is 3.26. The molecular weight excluding hydrogens is 634 g/mol. The molecule has 0 radical (unpaired) electrons. The van der Waals surface area contributed by atoms with Gasteiger partial charge >= 0.3 is 6.03 Å². The Morgan fingerprint density at radius 1 is 0.938 bits per heavy atom. The summed E-state index contributed by atoms with van der Waals surface area (Å²) in [5.74, 6) is -3.21. The maximum absolute atomic E-state index is 14.3. The number of nitrogens with two attached hydrogens (primary N) is 1. The predicted octanol–water partition coefficient (Wildman–Crippen LogP) is 2.80. The van der Waals surface area contributed by atoms with E-state index in [1.165, 1.54) is 17.0 Å². The molecule has 1 aliphatic heterocycles. The van der Waals surface area contributed by atoms with Gasteiger partial charge < -0.3 is 26.6 Å². The van der Waals surface area contributed by atoms with E-state index in [-0.39, 0.29) is 33.8 Å². The van der Waals surface area contributed by atoms with Crippen LogP contribution in [0.25, 0.3) is 0 Å². The SMILES string of the molecule is CC(C)(C)C(CS(=O)(=O)c1ccccc1)NC(=O)N[C@H](C(=O)N1CC2[C@@H]([C@H]1C(=O)NC(CC1CCC1)C(=O)C(N)=O)C2(C)C)C(C)(C)C. The number of urea groups is 1. The fourth-order valence-corrected chi connectivity index (χ4v) is 8.92. The standard InChI is InChI=1S/C35H53N5O7S/c1-33(2,3)24(19-48(46,47)21-15-10-9-11-16-21)38-32(45)39-28(34(4,5)6)31(44)40-18-22-25(35(22,7)8)26(40)30(43)37-23(27(41)29(36)42)17-20-13-12-14-20/h9-11,15-16,20,22-26,28H,12-14,17-19H2,1-8H3,(H2,36,42)(H,37,43)(H2,38,39,45)/t22?,23?,24?,25-,26-,28+/m0/s1. The molecule has 2 saturated carbocycles. The largest absolute Gasteiger partial charge is 0.363 e. The number of fused-ring (bicyclic) bond motifs is 1. The summed E-state index contributed by atoms with van der Waals surface area (Å²) in [6.07, 6.45) is 3.14. The van der Waals surface area contributed by atoms with Gasteiger partial charge in [-0.3, -0.25) is 19.2 Å². The van der Waals surface area contributed by atoms with Crippen LogP contribution in [0.15, 0.2) is 35.2 Å². The van der Waals surface area contributed by atoms with Crippen LogP contribution >= 0.6 is 0 Å². The molecule has 1 aromatic carbocycles. The van der Waals surface area contributed by atoms with Gasteiger partial charge in [-0.2, -0.15) is 0 Å². The maximum atomic E-state index is 14.3. The molecule has 5 N–H and O–H groups in total. The fourth-order valence-electron chi connectivity index (χ4n) is 7.13.